The highest BCUT2D eigenvalue weighted by Crippen LogP contribution is 2.35. The number of hydrogen-bond acceptors (Lipinski definition) is 8. The van der Waals surface area contributed by atoms with Gasteiger partial charge in [0.1, 0.15) is 33.4 Å². The number of aromatic nitrogens is 6. The van der Waals surface area contributed by atoms with Crippen molar-refractivity contribution < 1.29 is 22.8 Å². The van der Waals surface area contributed by atoms with E-state index in [9.17, 15) is 22.8 Å². The van der Waals surface area contributed by atoms with Gasteiger partial charge in [-0.15, -0.1) is 11.3 Å². The number of imidazole rings is 1. The van der Waals surface area contributed by atoms with E-state index in [1.54, 1.807) is 13.1 Å². The van der Waals surface area contributed by atoms with Crippen molar-refractivity contribution in [2.75, 3.05) is 5.32 Å². The highest BCUT2D eigenvalue weighted by molar-refractivity contribution is 7.13. The van der Waals surface area contributed by atoms with Crippen molar-refractivity contribution in [3.05, 3.63) is 68.9 Å². The van der Waals surface area contributed by atoms with Gasteiger partial charge in [0.2, 0.25) is 0 Å². The third kappa shape index (κ3) is 5.66. The van der Waals surface area contributed by atoms with Gasteiger partial charge in [-0.25, -0.2) is 24.9 Å². The molecule has 4 aromatic heterocycles. The van der Waals surface area contributed by atoms with Crippen LogP contribution in [0.25, 0.3) is 11.5 Å². The minimum absolute atomic E-state index is 0.102. The Balaban J connectivity index is 1.43. The number of anilines is 1. The van der Waals surface area contributed by atoms with Crippen molar-refractivity contribution in [2.24, 2.45) is 0 Å². The van der Waals surface area contributed by atoms with Gasteiger partial charge in [0, 0.05) is 18.1 Å². The number of aromatic amines is 1. The highest BCUT2D eigenvalue weighted by atomic mass is 35.5. The Labute approximate surface area is 210 Å². The lowest BCUT2D eigenvalue weighted by atomic mass is 10.2. The average Bonchev–Trinajstić information content (AvgIpc) is 3.49. The van der Waals surface area contributed by atoms with Crippen molar-refractivity contribution in [3.63, 3.8) is 0 Å². The Kier molecular flexibility index (Phi) is 6.99. The van der Waals surface area contributed by atoms with Gasteiger partial charge in [0.05, 0.1) is 22.8 Å². The molecule has 1 atom stereocenters. The molecule has 2 amide bonds. The highest BCUT2D eigenvalue weighted by Gasteiger charge is 2.34. The Bertz CT molecular complexity index is 1440. The maximum Gasteiger partial charge on any atom is 0.418 e. The molecule has 0 aromatic carbocycles. The van der Waals surface area contributed by atoms with E-state index in [0.717, 1.165) is 23.2 Å². The van der Waals surface area contributed by atoms with Gasteiger partial charge >= 0.3 is 6.18 Å². The maximum absolute atomic E-state index is 13.0. The summed E-state index contributed by atoms with van der Waals surface area (Å²) in [6, 6.07) is 1.53. The normalized spacial score (nSPS) is 12.3. The minimum Gasteiger partial charge on any atom is -0.342 e. The molecule has 0 aliphatic rings. The molecule has 186 valence electrons. The van der Waals surface area contributed by atoms with Crippen molar-refractivity contribution >= 4 is 40.6 Å². The predicted octanol–water partition coefficient (Wildman–Crippen LogP) is 4.44. The fourth-order valence-corrected chi connectivity index (χ4v) is 4.01. The molecule has 0 unspecified atom stereocenters. The molecule has 10 nitrogen and oxygen atoms in total. The molecule has 0 saturated heterocycles. The van der Waals surface area contributed by atoms with Crippen LogP contribution in [-0.2, 0) is 6.18 Å². The summed E-state index contributed by atoms with van der Waals surface area (Å²) >= 11 is 6.51. The summed E-state index contributed by atoms with van der Waals surface area (Å²) in [5.41, 5.74) is 0.253. The topological polar surface area (TPSA) is 138 Å². The smallest absolute Gasteiger partial charge is 0.342 e. The summed E-state index contributed by atoms with van der Waals surface area (Å²) in [6.45, 7) is 3.49. The zero-order valence-corrected chi connectivity index (χ0v) is 20.1. The van der Waals surface area contributed by atoms with Crippen LogP contribution in [0.5, 0.6) is 0 Å². The zero-order chi connectivity index (χ0) is 26.0. The summed E-state index contributed by atoms with van der Waals surface area (Å²) in [7, 11) is 0. The Morgan fingerprint density at radius 3 is 2.53 bits per heavy atom. The number of nitrogens with one attached hydrogen (secondary N) is 3. The maximum atomic E-state index is 13.0. The van der Waals surface area contributed by atoms with E-state index < -0.39 is 34.6 Å². The van der Waals surface area contributed by atoms with Crippen LogP contribution in [0, 0.1) is 6.92 Å². The van der Waals surface area contributed by atoms with Gasteiger partial charge < -0.3 is 15.6 Å². The van der Waals surface area contributed by atoms with Crippen LogP contribution >= 0.6 is 22.9 Å². The molecular formula is C21H16ClF3N8O2S. The molecule has 0 aliphatic heterocycles. The van der Waals surface area contributed by atoms with Crippen LogP contribution in [-0.4, -0.2) is 41.7 Å². The van der Waals surface area contributed by atoms with E-state index in [2.05, 4.69) is 40.5 Å². The van der Waals surface area contributed by atoms with Crippen molar-refractivity contribution in [1.82, 2.24) is 35.2 Å². The number of hydrogen-bond donors (Lipinski definition) is 3. The van der Waals surface area contributed by atoms with E-state index >= 15 is 0 Å². The second-order valence-corrected chi connectivity index (χ2v) is 8.93. The monoisotopic (exact) mass is 536 g/mol. The first kappa shape index (κ1) is 25.2. The van der Waals surface area contributed by atoms with Gasteiger partial charge in [0.25, 0.3) is 11.8 Å². The summed E-state index contributed by atoms with van der Waals surface area (Å²) in [6.07, 6.45) is 0.231. The van der Waals surface area contributed by atoms with Gasteiger partial charge in [0.15, 0.2) is 5.82 Å². The van der Waals surface area contributed by atoms with Crippen LogP contribution in [0.3, 0.4) is 0 Å². The Morgan fingerprint density at radius 1 is 1.06 bits per heavy atom. The fourth-order valence-electron chi connectivity index (χ4n) is 2.98. The number of carbonyl (C=O) groups excluding carboxylic acids is 2. The molecule has 4 heterocycles. The molecule has 0 fully saturated rings. The predicted molar refractivity (Wildman–Crippen MR) is 125 cm³/mol. The van der Waals surface area contributed by atoms with Crippen LogP contribution < -0.4 is 10.6 Å². The molecule has 4 aromatic rings. The quantitative estimate of drug-likeness (QED) is 0.331. The minimum atomic E-state index is -4.70. The van der Waals surface area contributed by atoms with Crippen LogP contribution in [0.15, 0.2) is 37.1 Å². The number of pyridine rings is 1. The number of carbonyl (C=O) groups is 2. The first-order valence-electron chi connectivity index (χ1n) is 10.2. The van der Waals surface area contributed by atoms with E-state index in [1.165, 1.54) is 18.6 Å². The number of amides is 2. The average molecular weight is 537 g/mol. The van der Waals surface area contributed by atoms with Crippen LogP contribution in [0.4, 0.5) is 19.0 Å². The number of aryl methyl sites for hydroxylation is 1. The second-order valence-electron chi connectivity index (χ2n) is 7.46. The van der Waals surface area contributed by atoms with Crippen LogP contribution in [0.1, 0.15) is 49.4 Å². The van der Waals surface area contributed by atoms with Gasteiger partial charge in [-0.05, 0) is 26.0 Å². The lowest BCUT2D eigenvalue weighted by Gasteiger charge is -2.11. The number of nitrogens with zero attached hydrogens (tertiary/aromatic N) is 5. The lowest BCUT2D eigenvalue weighted by molar-refractivity contribution is -0.137. The first-order valence-corrected chi connectivity index (χ1v) is 11.4. The van der Waals surface area contributed by atoms with E-state index in [1.807, 2.05) is 6.92 Å². The fraction of sp³-hybridized carbons (Fsp3) is 0.190. The third-order valence-corrected chi connectivity index (χ3v) is 6.19. The molecule has 4 rings (SSSR count). The van der Waals surface area contributed by atoms with Gasteiger partial charge in [-0.3, -0.25) is 9.59 Å². The number of rotatable bonds is 6. The molecule has 0 bridgehead atoms. The summed E-state index contributed by atoms with van der Waals surface area (Å²) < 4.78 is 39.1. The molecule has 36 heavy (non-hydrogen) atoms. The number of halogens is 4. The summed E-state index contributed by atoms with van der Waals surface area (Å²) in [4.78, 5) is 48.4. The van der Waals surface area contributed by atoms with Crippen molar-refractivity contribution in [3.8, 4) is 11.5 Å². The third-order valence-electron chi connectivity index (χ3n) is 4.71. The lowest BCUT2D eigenvalue weighted by Crippen LogP contribution is -2.27. The Morgan fingerprint density at radius 2 is 1.83 bits per heavy atom. The standard InChI is InChI=1S/C21H16ClF3N8O2S/c1-9-5-27-17(31-9)13-4-14(30-8-29-13)18(34)32-10(2)20-28-7-15(36-20)19(35)33-16-3-11(21(23,24)25)12(22)6-26-16/h3-8,10H,1-2H3,(H,27,31)(H,32,34)(H,26,33,35)/t10-/m1/s1. The van der Waals surface area contributed by atoms with E-state index in [4.69, 9.17) is 11.6 Å². The molecule has 15 heteroatoms. The second kappa shape index (κ2) is 9.99. The van der Waals surface area contributed by atoms with E-state index in [0.29, 0.717) is 22.6 Å². The van der Waals surface area contributed by atoms with Crippen molar-refractivity contribution in [2.45, 2.75) is 26.1 Å². The van der Waals surface area contributed by atoms with Crippen LogP contribution in [0.2, 0.25) is 5.02 Å². The molecular weight excluding hydrogens is 521 g/mol. The number of alkyl halides is 3. The summed E-state index contributed by atoms with van der Waals surface area (Å²) in [5, 5.41) is 4.83. The molecule has 0 saturated carbocycles. The molecule has 3 N–H and O–H groups in total. The largest absolute Gasteiger partial charge is 0.418 e. The van der Waals surface area contributed by atoms with Gasteiger partial charge in [-0.2, -0.15) is 13.2 Å². The SMILES string of the molecule is Cc1cnc(-c2cc(C(=O)N[C@H](C)c3ncc(C(=O)Nc4cc(C(F)(F)F)c(Cl)cn4)s3)ncn2)[nH]1. The molecule has 0 aliphatic carbocycles. The van der Waals surface area contributed by atoms with E-state index in [-0.39, 0.29) is 16.4 Å². The first-order chi connectivity index (χ1) is 17.0. The number of thiazole rings is 1. The zero-order valence-electron chi connectivity index (χ0n) is 18.5. The molecule has 0 radical (unpaired) electrons. The summed E-state index contributed by atoms with van der Waals surface area (Å²) in [5.74, 6) is -1.04. The molecule has 0 spiro atoms. The van der Waals surface area contributed by atoms with Gasteiger partial charge in [-0.1, -0.05) is 11.6 Å². The Hall–Kier alpha value is -3.91. The number of H-pyrrole nitrogens is 1. The van der Waals surface area contributed by atoms with Crippen molar-refractivity contribution in [1.29, 1.82) is 0 Å².